The molecule has 0 radical (unpaired) electrons. The molecule has 0 fully saturated rings. The molecule has 3 nitrogen and oxygen atoms in total. The summed E-state index contributed by atoms with van der Waals surface area (Å²) in [7, 11) is 0. The fourth-order valence-corrected chi connectivity index (χ4v) is 1.86. The van der Waals surface area contributed by atoms with Crippen molar-refractivity contribution in [3.05, 3.63) is 35.9 Å². The van der Waals surface area contributed by atoms with Gasteiger partial charge in [0.1, 0.15) is 11.5 Å². The molecule has 72 valence electrons. The van der Waals surface area contributed by atoms with Crippen LogP contribution in [0, 0.1) is 0 Å². The summed E-state index contributed by atoms with van der Waals surface area (Å²) in [6.07, 6.45) is 1.97. The zero-order valence-electron chi connectivity index (χ0n) is 7.53. The Bertz CT molecular complexity index is 421. The average Bonchev–Trinajstić information content (AvgIpc) is 2.43. The largest absolute Gasteiger partial charge is 0.508 e. The van der Waals surface area contributed by atoms with Crippen molar-refractivity contribution in [3.8, 4) is 11.5 Å². The van der Waals surface area contributed by atoms with Crippen molar-refractivity contribution < 1.29 is 15.0 Å². The monoisotopic (exact) mass is 190 g/mol. The van der Waals surface area contributed by atoms with Crippen LogP contribution in [0.2, 0.25) is 0 Å². The van der Waals surface area contributed by atoms with Gasteiger partial charge in [-0.2, -0.15) is 0 Å². The molecule has 1 aromatic carbocycles. The number of Topliss-reactive ketones (excluding diaryl/α,β-unsaturated/α-hetero) is 1. The van der Waals surface area contributed by atoms with Gasteiger partial charge >= 0.3 is 0 Å². The Labute approximate surface area is 81.3 Å². The van der Waals surface area contributed by atoms with E-state index in [0.717, 1.165) is 0 Å². The zero-order valence-corrected chi connectivity index (χ0v) is 7.53. The van der Waals surface area contributed by atoms with Gasteiger partial charge in [-0.3, -0.25) is 4.79 Å². The Balaban J connectivity index is 2.67. The highest BCUT2D eigenvalue weighted by Crippen LogP contribution is 2.41. The predicted octanol–water partition coefficient (Wildman–Crippen LogP) is 1.95. The molecule has 14 heavy (non-hydrogen) atoms. The molecule has 1 aromatic rings. The summed E-state index contributed by atoms with van der Waals surface area (Å²) in [5.74, 6) is -0.302. The number of rotatable bonds is 1. The van der Waals surface area contributed by atoms with Gasteiger partial charge in [-0.25, -0.2) is 0 Å². The third-order valence-corrected chi connectivity index (χ3v) is 2.50. The standard InChI is InChI=1S/C11H10O3/c1-2-6-3-9(13)8-4-7(12)5-10(14)11(6)8/h2,4-6,12,14H,1,3H2/t6-/m1/s1. The molecule has 1 aliphatic rings. The van der Waals surface area contributed by atoms with E-state index in [-0.39, 0.29) is 23.2 Å². The molecule has 0 aromatic heterocycles. The molecule has 3 heteroatoms. The van der Waals surface area contributed by atoms with Crippen molar-refractivity contribution in [1.29, 1.82) is 0 Å². The van der Waals surface area contributed by atoms with E-state index >= 15 is 0 Å². The lowest BCUT2D eigenvalue weighted by atomic mass is 10.0. The Morgan fingerprint density at radius 2 is 2.14 bits per heavy atom. The SMILES string of the molecule is C=C[C@@H]1CC(=O)c2cc(O)cc(O)c21. The van der Waals surface area contributed by atoms with Crippen LogP contribution in [0.5, 0.6) is 11.5 Å². The van der Waals surface area contributed by atoms with Gasteiger partial charge < -0.3 is 10.2 Å². The predicted molar refractivity (Wildman–Crippen MR) is 51.7 cm³/mol. The van der Waals surface area contributed by atoms with Gasteiger partial charge in [0.15, 0.2) is 5.78 Å². The molecular formula is C11H10O3. The van der Waals surface area contributed by atoms with Gasteiger partial charge in [0.25, 0.3) is 0 Å². The number of fused-ring (bicyclic) bond motifs is 1. The highest BCUT2D eigenvalue weighted by Gasteiger charge is 2.30. The Morgan fingerprint density at radius 1 is 1.43 bits per heavy atom. The second-order valence-electron chi connectivity index (χ2n) is 3.40. The van der Waals surface area contributed by atoms with Crippen molar-refractivity contribution in [2.45, 2.75) is 12.3 Å². The highest BCUT2D eigenvalue weighted by atomic mass is 16.3. The lowest BCUT2D eigenvalue weighted by Gasteiger charge is -2.07. The highest BCUT2D eigenvalue weighted by molar-refractivity contribution is 6.02. The summed E-state index contributed by atoms with van der Waals surface area (Å²) in [6.45, 7) is 3.61. The molecule has 0 saturated carbocycles. The molecule has 2 rings (SSSR count). The fourth-order valence-electron chi connectivity index (χ4n) is 1.86. The molecule has 0 heterocycles. The van der Waals surface area contributed by atoms with Crippen LogP contribution >= 0.6 is 0 Å². The van der Waals surface area contributed by atoms with E-state index in [1.807, 2.05) is 0 Å². The van der Waals surface area contributed by atoms with Crippen LogP contribution in [0.25, 0.3) is 0 Å². The maximum atomic E-state index is 11.5. The van der Waals surface area contributed by atoms with Crippen LogP contribution in [0.3, 0.4) is 0 Å². The van der Waals surface area contributed by atoms with Crippen molar-refractivity contribution in [2.75, 3.05) is 0 Å². The summed E-state index contributed by atoms with van der Waals surface area (Å²) in [4.78, 5) is 11.5. The zero-order chi connectivity index (χ0) is 10.3. The fraction of sp³-hybridized carbons (Fsp3) is 0.182. The minimum absolute atomic E-state index is 0.0317. The van der Waals surface area contributed by atoms with E-state index in [1.54, 1.807) is 6.08 Å². The molecule has 0 aliphatic heterocycles. The van der Waals surface area contributed by atoms with E-state index in [1.165, 1.54) is 12.1 Å². The van der Waals surface area contributed by atoms with Crippen molar-refractivity contribution >= 4 is 5.78 Å². The van der Waals surface area contributed by atoms with Gasteiger partial charge in [0.2, 0.25) is 0 Å². The Hall–Kier alpha value is -1.77. The quantitative estimate of drug-likeness (QED) is 0.665. The molecule has 1 aliphatic carbocycles. The van der Waals surface area contributed by atoms with E-state index in [2.05, 4.69) is 6.58 Å². The number of ketones is 1. The first kappa shape index (κ1) is 8.81. The van der Waals surface area contributed by atoms with Crippen LogP contribution in [0.4, 0.5) is 0 Å². The number of aromatic hydroxyl groups is 2. The molecule has 0 spiro atoms. The summed E-state index contributed by atoms with van der Waals surface area (Å²) in [5, 5.41) is 18.8. The summed E-state index contributed by atoms with van der Waals surface area (Å²) >= 11 is 0. The van der Waals surface area contributed by atoms with Gasteiger partial charge in [0, 0.05) is 29.5 Å². The summed E-state index contributed by atoms with van der Waals surface area (Å²) in [5.41, 5.74) is 0.996. The van der Waals surface area contributed by atoms with Crippen LogP contribution in [0.15, 0.2) is 24.8 Å². The molecule has 2 N–H and O–H groups in total. The molecule has 0 amide bonds. The van der Waals surface area contributed by atoms with E-state index in [0.29, 0.717) is 17.5 Å². The van der Waals surface area contributed by atoms with E-state index in [4.69, 9.17) is 0 Å². The molecule has 1 atom stereocenters. The third kappa shape index (κ3) is 1.09. The van der Waals surface area contributed by atoms with Crippen LogP contribution in [0.1, 0.15) is 28.3 Å². The minimum atomic E-state index is -0.127. The van der Waals surface area contributed by atoms with Crippen molar-refractivity contribution in [3.63, 3.8) is 0 Å². The average molecular weight is 190 g/mol. The number of hydrogen-bond donors (Lipinski definition) is 2. The lowest BCUT2D eigenvalue weighted by Crippen LogP contribution is -1.90. The minimum Gasteiger partial charge on any atom is -0.508 e. The van der Waals surface area contributed by atoms with Crippen molar-refractivity contribution in [2.24, 2.45) is 0 Å². The summed E-state index contributed by atoms with van der Waals surface area (Å²) in [6, 6.07) is 2.63. The number of phenolic OH excluding ortho intramolecular Hbond substituents is 2. The van der Waals surface area contributed by atoms with Gasteiger partial charge in [0.05, 0.1) is 0 Å². The third-order valence-electron chi connectivity index (χ3n) is 2.50. The number of hydrogen-bond acceptors (Lipinski definition) is 3. The second kappa shape index (κ2) is 2.87. The van der Waals surface area contributed by atoms with Crippen LogP contribution in [-0.4, -0.2) is 16.0 Å². The smallest absolute Gasteiger partial charge is 0.164 e. The topological polar surface area (TPSA) is 57.5 Å². The second-order valence-corrected chi connectivity index (χ2v) is 3.40. The number of phenols is 2. The number of carbonyl (C=O) groups excluding carboxylic acids is 1. The van der Waals surface area contributed by atoms with Crippen LogP contribution < -0.4 is 0 Å². The van der Waals surface area contributed by atoms with E-state index in [9.17, 15) is 15.0 Å². The Kier molecular flexibility index (Phi) is 1.81. The number of benzene rings is 1. The number of allylic oxidation sites excluding steroid dienone is 1. The molecule has 0 saturated heterocycles. The normalized spacial score (nSPS) is 19.4. The van der Waals surface area contributed by atoms with Gasteiger partial charge in [-0.05, 0) is 6.07 Å². The summed E-state index contributed by atoms with van der Waals surface area (Å²) < 4.78 is 0. The number of carbonyl (C=O) groups is 1. The first-order chi connectivity index (χ1) is 6.63. The van der Waals surface area contributed by atoms with Gasteiger partial charge in [-0.15, -0.1) is 6.58 Å². The van der Waals surface area contributed by atoms with E-state index < -0.39 is 0 Å². The maximum absolute atomic E-state index is 11.5. The molecular weight excluding hydrogens is 180 g/mol. The van der Waals surface area contributed by atoms with Crippen LogP contribution in [-0.2, 0) is 0 Å². The molecule has 0 unspecified atom stereocenters. The van der Waals surface area contributed by atoms with Gasteiger partial charge in [-0.1, -0.05) is 6.08 Å². The lowest BCUT2D eigenvalue weighted by molar-refractivity contribution is 0.0991. The molecule has 0 bridgehead atoms. The Morgan fingerprint density at radius 3 is 2.79 bits per heavy atom. The van der Waals surface area contributed by atoms with Crippen molar-refractivity contribution in [1.82, 2.24) is 0 Å². The first-order valence-corrected chi connectivity index (χ1v) is 4.35. The first-order valence-electron chi connectivity index (χ1n) is 4.35. The maximum Gasteiger partial charge on any atom is 0.164 e.